The lowest BCUT2D eigenvalue weighted by atomic mass is 10.1. The van der Waals surface area contributed by atoms with E-state index in [9.17, 15) is 4.79 Å². The van der Waals surface area contributed by atoms with Gasteiger partial charge in [-0.15, -0.1) is 5.10 Å². The van der Waals surface area contributed by atoms with Crippen LogP contribution in [0.15, 0.2) is 33.0 Å². The van der Waals surface area contributed by atoms with Crippen LogP contribution in [0.5, 0.6) is 0 Å². The first kappa shape index (κ1) is 11.9. The van der Waals surface area contributed by atoms with Crippen LogP contribution in [0.4, 0.5) is 0 Å². The first-order valence-electron chi connectivity index (χ1n) is 5.20. The lowest BCUT2D eigenvalue weighted by molar-refractivity contribution is 0.765. The van der Waals surface area contributed by atoms with Crippen LogP contribution >= 0.6 is 11.8 Å². The van der Waals surface area contributed by atoms with Crippen molar-refractivity contribution in [1.29, 1.82) is 0 Å². The van der Waals surface area contributed by atoms with E-state index in [4.69, 9.17) is 5.73 Å². The fraction of sp³-hybridized carbons (Fsp3) is 0.273. The summed E-state index contributed by atoms with van der Waals surface area (Å²) < 4.78 is 1.48. The zero-order valence-corrected chi connectivity index (χ0v) is 10.5. The van der Waals surface area contributed by atoms with E-state index in [0.717, 1.165) is 10.5 Å². The highest BCUT2D eigenvalue weighted by molar-refractivity contribution is 7.99. The Morgan fingerprint density at radius 3 is 2.88 bits per heavy atom. The molecule has 6 heteroatoms. The van der Waals surface area contributed by atoms with Crippen LogP contribution < -0.4 is 11.4 Å². The number of H-pyrrole nitrogens is 1. The van der Waals surface area contributed by atoms with Crippen LogP contribution in [0.25, 0.3) is 0 Å². The Kier molecular flexibility index (Phi) is 3.35. The van der Waals surface area contributed by atoms with Crippen molar-refractivity contribution in [3.8, 4) is 0 Å². The monoisotopic (exact) mass is 250 g/mol. The molecule has 0 aliphatic heterocycles. The van der Waals surface area contributed by atoms with Crippen LogP contribution in [-0.4, -0.2) is 14.8 Å². The molecule has 1 aromatic carbocycles. The van der Waals surface area contributed by atoms with Gasteiger partial charge in [0.25, 0.3) is 0 Å². The van der Waals surface area contributed by atoms with Gasteiger partial charge in [0.05, 0.1) is 0 Å². The van der Waals surface area contributed by atoms with E-state index in [1.165, 1.54) is 21.9 Å². The molecular formula is C11H14N4OS. The number of nitrogens with one attached hydrogen (secondary N) is 1. The van der Waals surface area contributed by atoms with Crippen molar-refractivity contribution in [2.75, 3.05) is 0 Å². The second kappa shape index (κ2) is 4.77. The van der Waals surface area contributed by atoms with E-state index >= 15 is 0 Å². The maximum atomic E-state index is 11.2. The minimum Gasteiger partial charge on any atom is -0.326 e. The highest BCUT2D eigenvalue weighted by atomic mass is 32.2. The zero-order valence-electron chi connectivity index (χ0n) is 9.73. The van der Waals surface area contributed by atoms with Gasteiger partial charge in [-0.2, -0.15) is 0 Å². The van der Waals surface area contributed by atoms with Gasteiger partial charge in [-0.25, -0.2) is 9.89 Å². The average Bonchev–Trinajstić information content (AvgIpc) is 2.63. The molecule has 0 bridgehead atoms. The van der Waals surface area contributed by atoms with Crippen LogP contribution in [0, 0.1) is 6.92 Å². The molecular weight excluding hydrogens is 236 g/mol. The topological polar surface area (TPSA) is 76.7 Å². The fourth-order valence-corrected chi connectivity index (χ4v) is 2.41. The number of benzene rings is 1. The molecule has 0 saturated carbocycles. The van der Waals surface area contributed by atoms with Gasteiger partial charge in [-0.1, -0.05) is 17.7 Å². The number of hydrogen-bond acceptors (Lipinski definition) is 4. The summed E-state index contributed by atoms with van der Waals surface area (Å²) in [6.07, 6.45) is 0. The Labute approximate surface area is 103 Å². The summed E-state index contributed by atoms with van der Waals surface area (Å²) in [6.45, 7) is 2.50. The molecule has 0 unspecified atom stereocenters. The Morgan fingerprint density at radius 2 is 2.29 bits per heavy atom. The van der Waals surface area contributed by atoms with Crippen LogP contribution in [-0.2, 0) is 13.6 Å². The van der Waals surface area contributed by atoms with Crippen molar-refractivity contribution in [3.05, 3.63) is 39.8 Å². The second-order valence-corrected chi connectivity index (χ2v) is 4.80. The Hall–Kier alpha value is -1.53. The molecule has 17 heavy (non-hydrogen) atoms. The molecule has 3 N–H and O–H groups in total. The molecule has 0 aliphatic carbocycles. The van der Waals surface area contributed by atoms with Crippen LogP contribution in [0.2, 0.25) is 0 Å². The number of aromatic amines is 1. The van der Waals surface area contributed by atoms with Crippen molar-refractivity contribution >= 4 is 11.8 Å². The average molecular weight is 250 g/mol. The van der Waals surface area contributed by atoms with E-state index in [1.54, 1.807) is 7.05 Å². The third kappa shape index (κ3) is 2.42. The van der Waals surface area contributed by atoms with Gasteiger partial charge >= 0.3 is 5.69 Å². The van der Waals surface area contributed by atoms with Crippen LogP contribution in [0.1, 0.15) is 11.1 Å². The molecule has 0 fully saturated rings. The van der Waals surface area contributed by atoms with Crippen molar-refractivity contribution in [2.24, 2.45) is 12.8 Å². The lowest BCUT2D eigenvalue weighted by Crippen LogP contribution is -2.12. The first-order chi connectivity index (χ1) is 8.11. The molecule has 90 valence electrons. The summed E-state index contributed by atoms with van der Waals surface area (Å²) >= 11 is 1.44. The Bertz CT molecular complexity index is 587. The summed E-state index contributed by atoms with van der Waals surface area (Å²) in [7, 11) is 1.68. The molecule has 2 rings (SSSR count). The lowest BCUT2D eigenvalue weighted by Gasteiger charge is -2.07. The fourth-order valence-electron chi connectivity index (χ4n) is 1.49. The minimum atomic E-state index is -0.214. The van der Waals surface area contributed by atoms with E-state index in [2.05, 4.69) is 10.2 Å². The summed E-state index contributed by atoms with van der Waals surface area (Å²) in [5.74, 6) is 0. The number of aromatic nitrogens is 3. The van der Waals surface area contributed by atoms with Crippen molar-refractivity contribution in [2.45, 2.75) is 23.5 Å². The third-order valence-electron chi connectivity index (χ3n) is 2.48. The maximum absolute atomic E-state index is 11.2. The highest BCUT2D eigenvalue weighted by Crippen LogP contribution is 2.28. The maximum Gasteiger partial charge on any atom is 0.343 e. The molecule has 1 heterocycles. The Morgan fingerprint density at radius 1 is 1.53 bits per heavy atom. The first-order valence-corrected chi connectivity index (χ1v) is 6.02. The van der Waals surface area contributed by atoms with Gasteiger partial charge in [0.15, 0.2) is 5.16 Å². The molecule has 0 spiro atoms. The van der Waals surface area contributed by atoms with Crippen LogP contribution in [0.3, 0.4) is 0 Å². The zero-order chi connectivity index (χ0) is 12.4. The third-order valence-corrected chi connectivity index (χ3v) is 3.64. The standard InChI is InChI=1S/C11H14N4OS/c1-7-3-4-9(8(5-7)6-12)17-11-14-13-10(16)15(11)2/h3-5H,6,12H2,1-2H3,(H,13,16). The molecule has 0 saturated heterocycles. The SMILES string of the molecule is Cc1ccc(Sc2n[nH]c(=O)n2C)c(CN)c1. The van der Waals surface area contributed by atoms with E-state index in [0.29, 0.717) is 11.7 Å². The summed E-state index contributed by atoms with van der Waals surface area (Å²) in [6, 6.07) is 6.07. The van der Waals surface area contributed by atoms with Gasteiger partial charge < -0.3 is 5.73 Å². The quantitative estimate of drug-likeness (QED) is 0.853. The molecule has 5 nitrogen and oxygen atoms in total. The van der Waals surface area contributed by atoms with Crippen molar-refractivity contribution < 1.29 is 0 Å². The molecule has 1 aromatic heterocycles. The summed E-state index contributed by atoms with van der Waals surface area (Å²) in [4.78, 5) is 12.3. The van der Waals surface area contributed by atoms with Gasteiger partial charge in [-0.05, 0) is 30.3 Å². The smallest absolute Gasteiger partial charge is 0.326 e. The van der Waals surface area contributed by atoms with E-state index in [-0.39, 0.29) is 5.69 Å². The number of hydrogen-bond donors (Lipinski definition) is 2. The van der Waals surface area contributed by atoms with E-state index in [1.807, 2.05) is 25.1 Å². The van der Waals surface area contributed by atoms with Crippen molar-refractivity contribution in [3.63, 3.8) is 0 Å². The highest BCUT2D eigenvalue weighted by Gasteiger charge is 2.09. The number of nitrogens with two attached hydrogens (primary N) is 1. The summed E-state index contributed by atoms with van der Waals surface area (Å²) in [5, 5.41) is 7.00. The molecule has 0 atom stereocenters. The number of nitrogens with zero attached hydrogens (tertiary/aromatic N) is 2. The largest absolute Gasteiger partial charge is 0.343 e. The van der Waals surface area contributed by atoms with Gasteiger partial charge in [0.1, 0.15) is 0 Å². The Balaban J connectivity index is 2.36. The predicted molar refractivity (Wildman–Crippen MR) is 67.0 cm³/mol. The molecule has 0 amide bonds. The number of rotatable bonds is 3. The minimum absolute atomic E-state index is 0.214. The summed E-state index contributed by atoms with van der Waals surface area (Å²) in [5.41, 5.74) is 7.72. The second-order valence-electron chi connectivity index (χ2n) is 3.79. The number of aryl methyl sites for hydroxylation is 1. The van der Waals surface area contributed by atoms with E-state index < -0.39 is 0 Å². The van der Waals surface area contributed by atoms with Crippen molar-refractivity contribution in [1.82, 2.24) is 14.8 Å². The molecule has 2 aromatic rings. The van der Waals surface area contributed by atoms with Gasteiger partial charge in [-0.3, -0.25) is 4.57 Å². The normalized spacial score (nSPS) is 10.8. The predicted octanol–water partition coefficient (Wildman–Crippen LogP) is 1.03. The molecule has 0 radical (unpaired) electrons. The molecule has 0 aliphatic rings. The van der Waals surface area contributed by atoms with Gasteiger partial charge in [0, 0.05) is 18.5 Å². The van der Waals surface area contributed by atoms with Gasteiger partial charge in [0.2, 0.25) is 0 Å².